The summed E-state index contributed by atoms with van der Waals surface area (Å²) >= 11 is 12.1. The van der Waals surface area contributed by atoms with Crippen LogP contribution in [0, 0.1) is 0 Å². The summed E-state index contributed by atoms with van der Waals surface area (Å²) in [6.45, 7) is -0.124. The number of hydrogen-bond acceptors (Lipinski definition) is 6. The van der Waals surface area contributed by atoms with Gasteiger partial charge in [0, 0.05) is 31.6 Å². The molecular formula is C21H16Cl2F3N3O5S. The van der Waals surface area contributed by atoms with Crippen molar-refractivity contribution in [3.63, 3.8) is 0 Å². The third kappa shape index (κ3) is 5.56. The molecule has 1 amide bonds. The van der Waals surface area contributed by atoms with E-state index in [2.05, 4.69) is 15.2 Å². The minimum Gasteiger partial charge on any atom is -0.406 e. The van der Waals surface area contributed by atoms with Crippen LogP contribution in [-0.4, -0.2) is 36.7 Å². The fourth-order valence-corrected chi connectivity index (χ4v) is 5.27. The van der Waals surface area contributed by atoms with E-state index in [9.17, 15) is 26.4 Å². The molecule has 8 nitrogen and oxygen atoms in total. The first kappa shape index (κ1) is 25.3. The lowest BCUT2D eigenvalue weighted by molar-refractivity contribution is -0.274. The van der Waals surface area contributed by atoms with Crippen LogP contribution in [0.2, 0.25) is 10.0 Å². The molecule has 2 heterocycles. The van der Waals surface area contributed by atoms with Crippen LogP contribution in [0.15, 0.2) is 51.9 Å². The van der Waals surface area contributed by atoms with Gasteiger partial charge in [-0.3, -0.25) is 4.79 Å². The quantitative estimate of drug-likeness (QED) is 0.483. The summed E-state index contributed by atoms with van der Waals surface area (Å²) in [4.78, 5) is 12.5. The molecule has 1 aliphatic heterocycles. The minimum absolute atomic E-state index is 0.0323. The van der Waals surface area contributed by atoms with Crippen LogP contribution in [0.5, 0.6) is 5.75 Å². The standard InChI is InChI=1S/C21H16Cl2F3N3O5S/c22-16-3-1-2-12(18(16)23)10-27-20(30)19-15-11-29(9-8-17(15)34-28-19)35(31,32)14-6-4-13(5-7-14)33-21(24,25)26/h1-7H,8-11H2,(H,27,30). The van der Waals surface area contributed by atoms with Crippen molar-refractivity contribution in [1.29, 1.82) is 0 Å². The number of halogens is 5. The van der Waals surface area contributed by atoms with E-state index in [1.165, 1.54) is 0 Å². The largest absolute Gasteiger partial charge is 0.573 e. The van der Waals surface area contributed by atoms with E-state index >= 15 is 0 Å². The predicted molar refractivity (Wildman–Crippen MR) is 119 cm³/mol. The lowest BCUT2D eigenvalue weighted by atomic mass is 10.1. The number of fused-ring (bicyclic) bond motifs is 1. The van der Waals surface area contributed by atoms with Crippen LogP contribution in [0.4, 0.5) is 13.2 Å². The van der Waals surface area contributed by atoms with Gasteiger partial charge in [0.2, 0.25) is 10.0 Å². The highest BCUT2D eigenvalue weighted by molar-refractivity contribution is 7.89. The Morgan fingerprint density at radius 3 is 2.57 bits per heavy atom. The number of hydrogen-bond donors (Lipinski definition) is 1. The van der Waals surface area contributed by atoms with Gasteiger partial charge in [-0.25, -0.2) is 8.42 Å². The second-order valence-electron chi connectivity index (χ2n) is 7.44. The van der Waals surface area contributed by atoms with Gasteiger partial charge in [0.25, 0.3) is 5.91 Å². The van der Waals surface area contributed by atoms with Crippen LogP contribution < -0.4 is 10.1 Å². The zero-order valence-electron chi connectivity index (χ0n) is 17.6. The molecule has 35 heavy (non-hydrogen) atoms. The van der Waals surface area contributed by atoms with Crippen LogP contribution in [0.25, 0.3) is 0 Å². The monoisotopic (exact) mass is 549 g/mol. The molecule has 0 bridgehead atoms. The summed E-state index contributed by atoms with van der Waals surface area (Å²) in [6, 6.07) is 8.83. The molecule has 14 heteroatoms. The highest BCUT2D eigenvalue weighted by atomic mass is 35.5. The number of rotatable bonds is 6. The Kier molecular flexibility index (Phi) is 7.00. The second-order valence-corrected chi connectivity index (χ2v) is 10.2. The zero-order valence-corrected chi connectivity index (χ0v) is 19.9. The van der Waals surface area contributed by atoms with Crippen LogP contribution in [0.3, 0.4) is 0 Å². The van der Waals surface area contributed by atoms with Gasteiger partial charge >= 0.3 is 6.36 Å². The molecule has 0 saturated carbocycles. The summed E-state index contributed by atoms with van der Waals surface area (Å²) in [7, 11) is -4.09. The number of ether oxygens (including phenoxy) is 1. The summed E-state index contributed by atoms with van der Waals surface area (Å²) < 4.78 is 73.3. The van der Waals surface area contributed by atoms with Gasteiger partial charge in [-0.05, 0) is 35.9 Å². The number of carbonyl (C=O) groups excluding carboxylic acids is 1. The topological polar surface area (TPSA) is 102 Å². The Balaban J connectivity index is 1.49. The lowest BCUT2D eigenvalue weighted by Gasteiger charge is -2.25. The van der Waals surface area contributed by atoms with Crippen molar-refractivity contribution in [1.82, 2.24) is 14.8 Å². The lowest BCUT2D eigenvalue weighted by Crippen LogP contribution is -2.36. The van der Waals surface area contributed by atoms with E-state index in [1.807, 2.05) is 0 Å². The molecule has 0 fully saturated rings. The first-order chi connectivity index (χ1) is 16.5. The molecule has 0 atom stereocenters. The van der Waals surface area contributed by atoms with Crippen molar-refractivity contribution < 1.29 is 35.6 Å². The highest BCUT2D eigenvalue weighted by Crippen LogP contribution is 2.30. The maximum absolute atomic E-state index is 13.1. The molecule has 1 aromatic heterocycles. The predicted octanol–water partition coefficient (Wildman–Crippen LogP) is 4.56. The van der Waals surface area contributed by atoms with Gasteiger partial charge in [-0.1, -0.05) is 40.5 Å². The molecule has 2 aromatic carbocycles. The number of nitrogens with zero attached hydrogens (tertiary/aromatic N) is 2. The Labute approximate surface area is 207 Å². The molecule has 1 N–H and O–H groups in total. The van der Waals surface area contributed by atoms with Crippen molar-refractivity contribution in [2.75, 3.05) is 6.54 Å². The molecule has 0 radical (unpaired) electrons. The molecular weight excluding hydrogens is 534 g/mol. The molecule has 1 aliphatic rings. The molecule has 0 aliphatic carbocycles. The van der Waals surface area contributed by atoms with E-state index in [0.29, 0.717) is 26.9 Å². The zero-order chi connectivity index (χ0) is 25.4. The average Bonchev–Trinajstić information content (AvgIpc) is 3.22. The summed E-state index contributed by atoms with van der Waals surface area (Å²) in [5, 5.41) is 7.07. The number of aromatic nitrogens is 1. The molecule has 3 aromatic rings. The molecule has 0 saturated heterocycles. The van der Waals surface area contributed by atoms with Gasteiger partial charge in [-0.2, -0.15) is 4.31 Å². The number of benzene rings is 2. The van der Waals surface area contributed by atoms with Gasteiger partial charge in [0.15, 0.2) is 5.69 Å². The third-order valence-electron chi connectivity index (χ3n) is 5.17. The highest BCUT2D eigenvalue weighted by Gasteiger charge is 2.35. The first-order valence-corrected chi connectivity index (χ1v) is 12.2. The number of amides is 1. The van der Waals surface area contributed by atoms with E-state index in [4.69, 9.17) is 27.7 Å². The van der Waals surface area contributed by atoms with Crippen molar-refractivity contribution in [2.45, 2.75) is 30.8 Å². The Hall–Kier alpha value is -2.80. The van der Waals surface area contributed by atoms with Gasteiger partial charge in [0.1, 0.15) is 11.5 Å². The third-order valence-corrected chi connectivity index (χ3v) is 7.89. The molecule has 4 rings (SSSR count). The first-order valence-electron chi connectivity index (χ1n) is 10.00. The van der Waals surface area contributed by atoms with E-state index in [1.54, 1.807) is 18.2 Å². The molecule has 0 spiro atoms. The molecule has 0 unspecified atom stereocenters. The van der Waals surface area contributed by atoms with E-state index < -0.39 is 28.0 Å². The fourth-order valence-electron chi connectivity index (χ4n) is 3.47. The van der Waals surface area contributed by atoms with Crippen molar-refractivity contribution in [3.05, 3.63) is 75.1 Å². The van der Waals surface area contributed by atoms with Crippen molar-refractivity contribution in [2.24, 2.45) is 0 Å². The maximum atomic E-state index is 13.1. The summed E-state index contributed by atoms with van der Waals surface area (Å²) in [5.41, 5.74) is 0.797. The van der Waals surface area contributed by atoms with Crippen molar-refractivity contribution in [3.8, 4) is 5.75 Å². The van der Waals surface area contributed by atoms with Crippen LogP contribution in [0.1, 0.15) is 27.4 Å². The van der Waals surface area contributed by atoms with E-state index in [-0.39, 0.29) is 36.6 Å². The summed E-state index contributed by atoms with van der Waals surface area (Å²) in [6.07, 6.45) is -4.74. The van der Waals surface area contributed by atoms with Gasteiger partial charge in [-0.15, -0.1) is 13.2 Å². The number of alkyl halides is 3. The van der Waals surface area contributed by atoms with Crippen LogP contribution in [-0.2, 0) is 29.5 Å². The smallest absolute Gasteiger partial charge is 0.406 e. The normalized spacial score (nSPS) is 14.4. The SMILES string of the molecule is O=C(NCc1cccc(Cl)c1Cl)c1noc2c1CN(S(=O)(=O)c1ccc(OC(F)(F)F)cc1)CC2. The van der Waals surface area contributed by atoms with Crippen molar-refractivity contribution >= 4 is 39.1 Å². The number of sulfonamides is 1. The summed E-state index contributed by atoms with van der Waals surface area (Å²) in [5.74, 6) is -0.773. The fraction of sp³-hybridized carbons (Fsp3) is 0.238. The Morgan fingerprint density at radius 2 is 1.89 bits per heavy atom. The van der Waals surface area contributed by atoms with Gasteiger partial charge < -0.3 is 14.6 Å². The minimum atomic E-state index is -4.90. The second kappa shape index (κ2) is 9.69. The van der Waals surface area contributed by atoms with Crippen LogP contribution >= 0.6 is 23.2 Å². The average molecular weight is 550 g/mol. The van der Waals surface area contributed by atoms with Gasteiger partial charge in [0.05, 0.1) is 14.9 Å². The molecule has 186 valence electrons. The van der Waals surface area contributed by atoms with E-state index in [0.717, 1.165) is 28.6 Å². The number of nitrogens with one attached hydrogen (secondary N) is 1. The number of carbonyl (C=O) groups is 1. The maximum Gasteiger partial charge on any atom is 0.573 e. The Morgan fingerprint density at radius 1 is 1.17 bits per heavy atom. The Bertz CT molecular complexity index is 1360.